The summed E-state index contributed by atoms with van der Waals surface area (Å²) >= 11 is 1.32. The van der Waals surface area contributed by atoms with E-state index in [0.717, 1.165) is 0 Å². The molecule has 0 saturated heterocycles. The van der Waals surface area contributed by atoms with Gasteiger partial charge in [0.05, 0.1) is 0 Å². The number of hydrogen-bond donors (Lipinski definition) is 3. The van der Waals surface area contributed by atoms with Crippen molar-refractivity contribution in [2.24, 2.45) is 0 Å². The molecule has 6 nitrogen and oxygen atoms in total. The molecule has 0 aromatic carbocycles. The highest BCUT2D eigenvalue weighted by Gasteiger charge is 2.22. The predicted molar refractivity (Wildman–Crippen MR) is 74.9 cm³/mol. The Hall–Kier alpha value is -1.97. The van der Waals surface area contributed by atoms with Crippen LogP contribution in [-0.4, -0.2) is 41.4 Å². The van der Waals surface area contributed by atoms with Gasteiger partial charge in [0.1, 0.15) is 11.6 Å². The minimum absolute atomic E-state index is 0.119. The summed E-state index contributed by atoms with van der Waals surface area (Å²) in [7, 11) is 0. The molecule has 0 aliphatic heterocycles. The second-order valence-electron chi connectivity index (χ2n) is 3.76. The molecule has 116 valence electrons. The summed E-state index contributed by atoms with van der Waals surface area (Å²) in [4.78, 5) is 19.2. The van der Waals surface area contributed by atoms with Crippen molar-refractivity contribution in [3.63, 3.8) is 0 Å². The van der Waals surface area contributed by atoms with E-state index in [1.165, 1.54) is 17.8 Å². The Balaban J connectivity index is 2.36. The van der Waals surface area contributed by atoms with Gasteiger partial charge in [-0.15, -0.1) is 0 Å². The van der Waals surface area contributed by atoms with E-state index in [9.17, 15) is 18.0 Å². The lowest BCUT2D eigenvalue weighted by molar-refractivity contribution is -0.117. The first kappa shape index (κ1) is 17.1. The largest absolute Gasteiger partial charge is 0.409 e. The minimum atomic E-state index is -4.50. The summed E-state index contributed by atoms with van der Waals surface area (Å²) in [5.74, 6) is -0.0398. The molecule has 0 unspecified atom stereocenters. The molecule has 21 heavy (non-hydrogen) atoms. The molecule has 0 aliphatic rings. The number of nitrogens with zero attached hydrogens (tertiary/aromatic N) is 2. The van der Waals surface area contributed by atoms with Gasteiger partial charge in [0.2, 0.25) is 5.91 Å². The number of nitrogens with one attached hydrogen (secondary N) is 2. The van der Waals surface area contributed by atoms with E-state index in [2.05, 4.69) is 20.6 Å². The van der Waals surface area contributed by atoms with Crippen LogP contribution < -0.4 is 16.4 Å². The third kappa shape index (κ3) is 7.40. The molecule has 0 atom stereocenters. The van der Waals surface area contributed by atoms with Crippen molar-refractivity contribution in [2.75, 3.05) is 30.4 Å². The summed E-state index contributed by atoms with van der Waals surface area (Å²) < 4.78 is 35.5. The normalized spacial score (nSPS) is 11.6. The van der Waals surface area contributed by atoms with Crippen LogP contribution in [0.25, 0.3) is 0 Å². The molecular formula is C11H14F3N5OS. The van der Waals surface area contributed by atoms with E-state index in [-0.39, 0.29) is 19.2 Å². The van der Waals surface area contributed by atoms with E-state index >= 15 is 0 Å². The number of thioether (sulfide) groups is 1. The fourth-order valence-corrected chi connectivity index (χ4v) is 1.62. The number of halogens is 3. The van der Waals surface area contributed by atoms with Crippen molar-refractivity contribution in [1.82, 2.24) is 15.3 Å². The molecule has 1 heterocycles. The molecular weight excluding hydrogens is 307 g/mol. The van der Waals surface area contributed by atoms with Crippen LogP contribution in [0.3, 0.4) is 0 Å². The van der Waals surface area contributed by atoms with E-state index < -0.39 is 12.1 Å². The summed E-state index contributed by atoms with van der Waals surface area (Å²) in [6.45, 7) is 0.426. The number of aromatic nitrogens is 2. The lowest BCUT2D eigenvalue weighted by Crippen LogP contribution is -2.27. The van der Waals surface area contributed by atoms with Gasteiger partial charge in [0.15, 0.2) is 5.16 Å². The van der Waals surface area contributed by atoms with E-state index in [4.69, 9.17) is 5.73 Å². The fourth-order valence-electron chi connectivity index (χ4n) is 1.23. The van der Waals surface area contributed by atoms with Gasteiger partial charge in [0.25, 0.3) is 0 Å². The third-order valence-corrected chi connectivity index (χ3v) is 2.61. The number of alkyl halides is 3. The van der Waals surface area contributed by atoms with Crippen LogP contribution in [-0.2, 0) is 4.79 Å². The number of hydrogen-bond acceptors (Lipinski definition) is 6. The molecule has 0 bridgehead atoms. The molecule has 1 aromatic heterocycles. The van der Waals surface area contributed by atoms with E-state index in [1.54, 1.807) is 6.26 Å². The van der Waals surface area contributed by atoms with Crippen molar-refractivity contribution in [1.29, 1.82) is 0 Å². The maximum atomic E-state index is 11.8. The highest BCUT2D eigenvalue weighted by Crippen LogP contribution is 2.15. The van der Waals surface area contributed by atoms with Crippen molar-refractivity contribution < 1.29 is 18.0 Å². The zero-order valence-corrected chi connectivity index (χ0v) is 11.9. The van der Waals surface area contributed by atoms with Crippen molar-refractivity contribution in [3.8, 4) is 0 Å². The first-order chi connectivity index (χ1) is 9.80. The Labute approximate surface area is 123 Å². The van der Waals surface area contributed by atoms with E-state index in [1.807, 2.05) is 0 Å². The van der Waals surface area contributed by atoms with Gasteiger partial charge in [-0.25, -0.2) is 9.97 Å². The van der Waals surface area contributed by atoms with Gasteiger partial charge in [0, 0.05) is 31.3 Å². The van der Waals surface area contributed by atoms with Gasteiger partial charge in [-0.3, -0.25) is 4.79 Å². The summed E-state index contributed by atoms with van der Waals surface area (Å²) in [6, 6.07) is 1.52. The predicted octanol–water partition coefficient (Wildman–Crippen LogP) is 1.43. The standard InChI is InChI=1S/C11H14F3N5OS/c1-21-10-18-7(15)6-8(19-10)16-4-5-17-9(20)2-3-11(12,13)14/h2-3,6H,4-5H2,1H3,(H,17,20)(H3,15,16,18,19)/b3-2+. The molecule has 0 spiro atoms. The Morgan fingerprint density at radius 3 is 2.76 bits per heavy atom. The smallest absolute Gasteiger partial charge is 0.383 e. The van der Waals surface area contributed by atoms with Gasteiger partial charge < -0.3 is 16.4 Å². The van der Waals surface area contributed by atoms with Crippen LogP contribution in [0.5, 0.6) is 0 Å². The second kappa shape index (κ2) is 7.72. The first-order valence-electron chi connectivity index (χ1n) is 5.76. The Morgan fingerprint density at radius 1 is 1.43 bits per heavy atom. The van der Waals surface area contributed by atoms with Gasteiger partial charge >= 0.3 is 6.18 Å². The van der Waals surface area contributed by atoms with Crippen molar-refractivity contribution in [3.05, 3.63) is 18.2 Å². The molecule has 0 saturated carbocycles. The topological polar surface area (TPSA) is 92.9 Å². The Morgan fingerprint density at radius 2 is 2.14 bits per heavy atom. The van der Waals surface area contributed by atoms with Crippen LogP contribution in [0.15, 0.2) is 23.4 Å². The van der Waals surface area contributed by atoms with Crippen LogP contribution in [0, 0.1) is 0 Å². The maximum absolute atomic E-state index is 11.8. The highest BCUT2D eigenvalue weighted by molar-refractivity contribution is 7.98. The summed E-state index contributed by atoms with van der Waals surface area (Å²) in [5, 5.41) is 5.68. The number of anilines is 2. The highest BCUT2D eigenvalue weighted by atomic mass is 32.2. The second-order valence-corrected chi connectivity index (χ2v) is 4.53. The number of carbonyl (C=O) groups excluding carboxylic acids is 1. The first-order valence-corrected chi connectivity index (χ1v) is 6.99. The number of amides is 1. The van der Waals surface area contributed by atoms with Crippen LogP contribution in [0.1, 0.15) is 0 Å². The molecule has 1 aromatic rings. The lowest BCUT2D eigenvalue weighted by Gasteiger charge is -2.07. The van der Waals surface area contributed by atoms with Gasteiger partial charge in [-0.1, -0.05) is 11.8 Å². The molecule has 0 fully saturated rings. The zero-order chi connectivity index (χ0) is 15.9. The van der Waals surface area contributed by atoms with Crippen LogP contribution >= 0.6 is 11.8 Å². The molecule has 10 heteroatoms. The number of nitrogens with two attached hydrogens (primary N) is 1. The van der Waals surface area contributed by atoms with E-state index in [0.29, 0.717) is 22.9 Å². The quantitative estimate of drug-likeness (QED) is 0.318. The SMILES string of the molecule is CSc1nc(N)cc(NCCNC(=O)/C=C/C(F)(F)F)n1. The molecule has 0 aliphatic carbocycles. The number of nitrogen functional groups attached to an aromatic ring is 1. The maximum Gasteiger partial charge on any atom is 0.409 e. The monoisotopic (exact) mass is 321 g/mol. The average Bonchev–Trinajstić information content (AvgIpc) is 2.40. The summed E-state index contributed by atoms with van der Waals surface area (Å²) in [5.41, 5.74) is 5.58. The lowest BCUT2D eigenvalue weighted by atomic mass is 10.4. The van der Waals surface area contributed by atoms with Crippen LogP contribution in [0.4, 0.5) is 24.8 Å². The molecule has 4 N–H and O–H groups in total. The third-order valence-electron chi connectivity index (χ3n) is 2.06. The van der Waals surface area contributed by atoms with Crippen molar-refractivity contribution >= 4 is 29.3 Å². The zero-order valence-electron chi connectivity index (χ0n) is 11.1. The minimum Gasteiger partial charge on any atom is -0.383 e. The van der Waals surface area contributed by atoms with Crippen molar-refractivity contribution in [2.45, 2.75) is 11.3 Å². The average molecular weight is 321 g/mol. The fraction of sp³-hybridized carbons (Fsp3) is 0.364. The number of allylic oxidation sites excluding steroid dienone is 1. The Kier molecular flexibility index (Phi) is 6.28. The molecule has 1 rings (SSSR count). The van der Waals surface area contributed by atoms with Gasteiger partial charge in [-0.2, -0.15) is 13.2 Å². The van der Waals surface area contributed by atoms with Crippen LogP contribution in [0.2, 0.25) is 0 Å². The van der Waals surface area contributed by atoms with Gasteiger partial charge in [-0.05, 0) is 6.26 Å². The Bertz CT molecular complexity index is 521. The molecule has 0 radical (unpaired) electrons. The summed E-state index contributed by atoms with van der Waals surface area (Å²) in [6.07, 6.45) is -2.38. The number of carbonyl (C=O) groups is 1. The number of rotatable bonds is 6. The molecule has 1 amide bonds.